The van der Waals surface area contributed by atoms with Gasteiger partial charge in [0, 0.05) is 13.8 Å². The topological polar surface area (TPSA) is 20.2 Å². The molecule has 1 aromatic carbocycles. The molecular formula is C40H74BF4IrOP2+2. The Hall–Kier alpha value is -0.0457. The summed E-state index contributed by atoms with van der Waals surface area (Å²) in [5.41, 5.74) is 2.43. The van der Waals surface area contributed by atoms with Crippen molar-refractivity contribution in [3.63, 3.8) is 0 Å². The number of hydrogen-bond acceptors (Lipinski definition) is 1. The van der Waals surface area contributed by atoms with Crippen LogP contribution in [0.5, 0.6) is 0 Å². The minimum Gasteiger partial charge on any atom is -1.00 e. The number of hydrogen-bond donors (Lipinski definition) is 1. The first-order valence-corrected chi connectivity index (χ1v) is 20.7. The molecule has 288 valence electrons. The van der Waals surface area contributed by atoms with Gasteiger partial charge in [0.05, 0.1) is 11.3 Å². The zero-order valence-corrected chi connectivity index (χ0v) is 34.4. The molecule has 0 bridgehead atoms. The molecule has 0 amide bonds. The largest absolute Gasteiger partial charge is 3.00 e. The third kappa shape index (κ3) is 19.6. The molecule has 0 aromatic heterocycles. The summed E-state index contributed by atoms with van der Waals surface area (Å²) in [5.74, 6) is 2.18. The number of benzene rings is 1. The van der Waals surface area contributed by atoms with Gasteiger partial charge in [-0.2, -0.15) is 0 Å². The van der Waals surface area contributed by atoms with Crippen LogP contribution in [-0.2, 0) is 20.1 Å². The molecule has 0 aliphatic heterocycles. The van der Waals surface area contributed by atoms with Gasteiger partial charge in [-0.25, -0.2) is 4.89 Å². The molecule has 0 spiro atoms. The quantitative estimate of drug-likeness (QED) is 0.0992. The Balaban J connectivity index is -0.000000484. The van der Waals surface area contributed by atoms with Gasteiger partial charge < -0.3 is 19.6 Å². The molecule has 3 fully saturated rings. The van der Waals surface area contributed by atoms with Crippen molar-refractivity contribution in [3.05, 3.63) is 63.4 Å². The van der Waals surface area contributed by atoms with Gasteiger partial charge in [0.2, 0.25) is 0 Å². The van der Waals surface area contributed by atoms with E-state index in [2.05, 4.69) is 69.3 Å². The number of rotatable bonds is 6. The van der Waals surface area contributed by atoms with E-state index in [1.54, 1.807) is 5.30 Å². The first-order chi connectivity index (χ1) is 20.8. The van der Waals surface area contributed by atoms with Crippen LogP contribution >= 0.6 is 16.1 Å². The van der Waals surface area contributed by atoms with Crippen molar-refractivity contribution < 1.29 is 42.7 Å². The molecule has 1 N–H and O–H groups in total. The Labute approximate surface area is 318 Å². The summed E-state index contributed by atoms with van der Waals surface area (Å²) in [6.45, 7) is 7.21. The van der Waals surface area contributed by atoms with Crippen molar-refractivity contribution in [2.24, 2.45) is 17.8 Å². The Kier molecular flexibility index (Phi) is 35.8. The summed E-state index contributed by atoms with van der Waals surface area (Å²) in [6.07, 6.45) is 32.4. The zero-order chi connectivity index (χ0) is 31.0. The monoisotopic (exact) mass is 912 g/mol. The molecule has 2 unspecified atom stereocenters. The second kappa shape index (κ2) is 31.5. The van der Waals surface area contributed by atoms with Gasteiger partial charge in [-0.1, -0.05) is 91.3 Å². The maximum Gasteiger partial charge on any atom is 3.00 e. The molecule has 49 heavy (non-hydrogen) atoms. The standard InChI is InChI=1S/C28H46OP2.C8H12.2CH4.2CH3.BF3.FH.Ir/c1-21(2)25-19-18-22(3)20-28(25)31(29)27-17-11-10-16-26(27)30(23-12-6-4-7-13-23)24-14-8-5-9-15-24;1-2-4-6-8-7-5-3-1;;;;;2-1(3)4;;/h10-11,16-17,21-25,28-29H,4-9,12-15,18-20H2,1-3H3;1-2,7-8H,3-6H2;2*1H4;2*1H3;;1H;/q;;;;2*-1;;;+3/p+1/b;2-1-,8-7?;;;;;;;/t22-,25+,28?,31?;;;;;;;;/m1......../s1. The van der Waals surface area contributed by atoms with Crippen molar-refractivity contribution in [2.75, 3.05) is 0 Å². The number of halogens is 4. The maximum absolute atomic E-state index is 12.0. The van der Waals surface area contributed by atoms with Crippen molar-refractivity contribution in [1.29, 1.82) is 0 Å². The van der Waals surface area contributed by atoms with Crippen LogP contribution in [0.15, 0.2) is 48.6 Å². The van der Waals surface area contributed by atoms with Crippen molar-refractivity contribution in [1.82, 2.24) is 0 Å². The molecule has 1 nitrogen and oxygen atoms in total. The Bertz CT molecular complexity index is 911. The van der Waals surface area contributed by atoms with Gasteiger partial charge in [-0.05, 0) is 114 Å². The molecule has 5 rings (SSSR count). The summed E-state index contributed by atoms with van der Waals surface area (Å²) in [7, 11) is -5.80. The summed E-state index contributed by atoms with van der Waals surface area (Å²) in [5, 5.41) is 3.13. The molecule has 3 saturated carbocycles. The van der Waals surface area contributed by atoms with Crippen molar-refractivity contribution in [3.8, 4) is 0 Å². The van der Waals surface area contributed by atoms with Crippen LogP contribution in [0.4, 0.5) is 12.9 Å². The average Bonchev–Trinajstić information content (AvgIpc) is 2.98. The fraction of sp³-hybridized carbons (Fsp3) is 0.700. The first-order valence-electron chi connectivity index (χ1n) is 17.5. The maximum atomic E-state index is 12.0. The predicted molar refractivity (Wildman–Crippen MR) is 216 cm³/mol. The fourth-order valence-electron chi connectivity index (χ4n) is 8.13. The van der Waals surface area contributed by atoms with Crippen LogP contribution in [-0.4, -0.2) is 29.4 Å². The van der Waals surface area contributed by atoms with E-state index in [1.165, 1.54) is 114 Å². The van der Waals surface area contributed by atoms with E-state index < -0.39 is 23.6 Å². The van der Waals surface area contributed by atoms with Crippen LogP contribution < -0.4 is 15.3 Å². The van der Waals surface area contributed by atoms with Crippen LogP contribution in [0.3, 0.4) is 0 Å². The molecular weight excluding hydrogens is 837 g/mol. The molecule has 0 heterocycles. The van der Waals surface area contributed by atoms with Crippen LogP contribution in [0, 0.1) is 32.6 Å². The second-order valence-electron chi connectivity index (χ2n) is 13.8. The van der Waals surface area contributed by atoms with E-state index in [-0.39, 0.29) is 54.5 Å². The van der Waals surface area contributed by atoms with Crippen molar-refractivity contribution >= 4 is 34.2 Å². The molecule has 4 aliphatic carbocycles. The van der Waals surface area contributed by atoms with E-state index in [0.717, 1.165) is 17.2 Å². The third-order valence-electron chi connectivity index (χ3n) is 10.3. The van der Waals surface area contributed by atoms with Crippen molar-refractivity contribution in [2.45, 2.75) is 162 Å². The van der Waals surface area contributed by atoms with Gasteiger partial charge in [0.25, 0.3) is 0 Å². The van der Waals surface area contributed by atoms with Gasteiger partial charge in [-0.3, -0.25) is 12.9 Å². The zero-order valence-electron chi connectivity index (χ0n) is 30.0. The molecule has 1 aromatic rings. The normalized spacial score (nSPS) is 23.5. The average molecular weight is 912 g/mol. The van der Waals surface area contributed by atoms with Gasteiger partial charge in [0.15, 0.2) is 13.5 Å². The first kappa shape index (κ1) is 55.7. The molecule has 0 radical (unpaired) electrons. The molecule has 4 aliphatic rings. The summed E-state index contributed by atoms with van der Waals surface area (Å²) in [6, 6.07) is 9.40. The van der Waals surface area contributed by atoms with Crippen LogP contribution in [0.25, 0.3) is 0 Å². The van der Waals surface area contributed by atoms with E-state index >= 15 is 0 Å². The minimum absolute atomic E-state index is 0. The Morgan fingerprint density at radius 3 is 1.47 bits per heavy atom. The number of allylic oxidation sites excluding steroid dienone is 4. The van der Waals surface area contributed by atoms with Gasteiger partial charge >= 0.3 is 27.6 Å². The summed E-state index contributed by atoms with van der Waals surface area (Å²) >= 11 is 0. The summed E-state index contributed by atoms with van der Waals surface area (Å²) in [4.78, 5) is 12.0. The Morgan fingerprint density at radius 1 is 0.694 bits per heavy atom. The van der Waals surface area contributed by atoms with Crippen LogP contribution in [0.1, 0.15) is 145 Å². The van der Waals surface area contributed by atoms with Crippen LogP contribution in [0.2, 0.25) is 0 Å². The molecule has 9 heteroatoms. The predicted octanol–water partition coefficient (Wildman–Crippen LogP) is 10.1. The van der Waals surface area contributed by atoms with Gasteiger partial charge in [-0.15, -0.1) is 0 Å². The van der Waals surface area contributed by atoms with E-state index in [0.29, 0.717) is 17.5 Å². The van der Waals surface area contributed by atoms with Gasteiger partial charge in [0.1, 0.15) is 11.0 Å². The van der Waals surface area contributed by atoms with E-state index in [4.69, 9.17) is 0 Å². The SMILES string of the molecule is C.C.C1=CCC/C=C\CC1.CC(C)[C@@H]1CC[C@@H](C)CC1[PH+](O)c1ccccc1[PH+](C1CCCCC1)C1CCCCC1.FB(F)F.[CH3-].[CH3-].[F-].[Ir+3]. The smallest absolute Gasteiger partial charge is 1.00 e. The summed E-state index contributed by atoms with van der Waals surface area (Å²) < 4.78 is 29.0. The molecule has 0 saturated heterocycles. The second-order valence-corrected chi connectivity index (χ2v) is 19.0. The van der Waals surface area contributed by atoms with E-state index in [1.807, 2.05) is 0 Å². The Morgan fingerprint density at radius 2 is 1.08 bits per heavy atom. The third-order valence-corrected chi connectivity index (χ3v) is 16.9. The van der Waals surface area contributed by atoms with E-state index in [9.17, 15) is 17.8 Å². The molecule has 4 atom stereocenters. The minimum atomic E-state index is -3.67. The fourth-order valence-corrected chi connectivity index (χ4v) is 15.8.